The predicted octanol–water partition coefficient (Wildman–Crippen LogP) is 2.95. The van der Waals surface area contributed by atoms with Gasteiger partial charge in [-0.15, -0.1) is 0 Å². The van der Waals surface area contributed by atoms with Crippen LogP contribution in [0.2, 0.25) is 0 Å². The second-order valence-electron chi connectivity index (χ2n) is 9.84. The van der Waals surface area contributed by atoms with E-state index < -0.39 is 0 Å². The molecule has 184 valence electrons. The summed E-state index contributed by atoms with van der Waals surface area (Å²) >= 11 is 0. The summed E-state index contributed by atoms with van der Waals surface area (Å²) in [4.78, 5) is 31.6. The van der Waals surface area contributed by atoms with Crippen molar-refractivity contribution >= 4 is 17.6 Å². The minimum atomic E-state index is -0.318. The molecule has 0 bridgehead atoms. The quantitative estimate of drug-likeness (QED) is 0.682. The first kappa shape index (κ1) is 25.1. The molecule has 1 saturated carbocycles. The van der Waals surface area contributed by atoms with Gasteiger partial charge in [0.05, 0.1) is 30.4 Å². The molecule has 3 amide bonds. The number of nitrogens with zero attached hydrogens (tertiary/aromatic N) is 3. The number of benzene rings is 1. The Morgan fingerprint density at radius 1 is 1.24 bits per heavy atom. The highest BCUT2D eigenvalue weighted by Crippen LogP contribution is 2.36. The van der Waals surface area contributed by atoms with Crippen molar-refractivity contribution < 1.29 is 19.4 Å². The molecule has 0 spiro atoms. The molecule has 8 heteroatoms. The van der Waals surface area contributed by atoms with Gasteiger partial charge in [-0.3, -0.25) is 4.79 Å². The van der Waals surface area contributed by atoms with E-state index in [1.165, 1.54) is 6.42 Å². The maximum Gasteiger partial charge on any atom is 0.317 e. The van der Waals surface area contributed by atoms with Crippen LogP contribution in [0.3, 0.4) is 0 Å². The Balaban J connectivity index is 1.86. The third-order valence-electron chi connectivity index (χ3n) is 6.89. The van der Waals surface area contributed by atoms with E-state index in [9.17, 15) is 14.7 Å². The Labute approximate surface area is 197 Å². The number of urea groups is 1. The van der Waals surface area contributed by atoms with E-state index in [0.717, 1.165) is 31.4 Å². The summed E-state index contributed by atoms with van der Waals surface area (Å²) in [6, 6.07) is 5.38. The number of aliphatic hydroxyl groups excluding tert-OH is 1. The molecular weight excluding hydrogens is 420 g/mol. The number of amides is 3. The second-order valence-corrected chi connectivity index (χ2v) is 9.84. The largest absolute Gasteiger partial charge is 0.485 e. The average molecular weight is 461 g/mol. The molecule has 3 atom stereocenters. The molecule has 0 unspecified atom stereocenters. The number of anilines is 1. The number of rotatable bonds is 6. The molecule has 1 aliphatic heterocycles. The number of aliphatic hydroxyl groups is 1. The van der Waals surface area contributed by atoms with Crippen LogP contribution in [0, 0.1) is 5.92 Å². The van der Waals surface area contributed by atoms with Crippen LogP contribution >= 0.6 is 0 Å². The zero-order valence-corrected chi connectivity index (χ0v) is 20.7. The molecule has 0 aromatic heterocycles. The molecular formula is C25H40N4O4. The van der Waals surface area contributed by atoms with E-state index in [-0.39, 0.29) is 42.7 Å². The standard InChI is InChI=1S/C25H40N4O4/c1-17-14-29(18(2)16-30)24(31)20-12-9-13-21(27(3)4)23(20)33-22(17)15-28(5)25(32)26-19-10-7-6-8-11-19/h9,12-13,17-19,22,30H,6-8,10-11,14-16H2,1-5H3,(H,26,32)/t17-,18+,22+/m1/s1. The lowest BCUT2D eigenvalue weighted by atomic mass is 9.96. The number of carbonyl (C=O) groups excluding carboxylic acids is 2. The van der Waals surface area contributed by atoms with Crippen LogP contribution in [0.1, 0.15) is 56.3 Å². The van der Waals surface area contributed by atoms with Crippen molar-refractivity contribution in [1.29, 1.82) is 0 Å². The van der Waals surface area contributed by atoms with Crippen LogP contribution in [0.5, 0.6) is 5.75 Å². The number of hydrogen-bond donors (Lipinski definition) is 2. The summed E-state index contributed by atoms with van der Waals surface area (Å²) in [5.41, 5.74) is 1.29. The first-order valence-corrected chi connectivity index (χ1v) is 12.1. The van der Waals surface area contributed by atoms with Gasteiger partial charge in [-0.1, -0.05) is 32.3 Å². The highest BCUT2D eigenvalue weighted by Gasteiger charge is 2.35. The Bertz CT molecular complexity index is 825. The molecule has 33 heavy (non-hydrogen) atoms. The van der Waals surface area contributed by atoms with Crippen molar-refractivity contribution in [3.8, 4) is 5.75 Å². The van der Waals surface area contributed by atoms with Crippen LogP contribution in [0.25, 0.3) is 0 Å². The van der Waals surface area contributed by atoms with E-state index in [1.807, 2.05) is 45.0 Å². The van der Waals surface area contributed by atoms with Crippen molar-refractivity contribution in [3.63, 3.8) is 0 Å². The fourth-order valence-corrected chi connectivity index (χ4v) is 4.68. The van der Waals surface area contributed by atoms with Gasteiger partial charge in [-0.2, -0.15) is 0 Å². The van der Waals surface area contributed by atoms with Gasteiger partial charge < -0.3 is 29.9 Å². The third kappa shape index (κ3) is 5.91. The van der Waals surface area contributed by atoms with E-state index in [4.69, 9.17) is 4.74 Å². The summed E-state index contributed by atoms with van der Waals surface area (Å²) in [6.07, 6.45) is 5.32. The topological polar surface area (TPSA) is 85.4 Å². The molecule has 2 aliphatic rings. The molecule has 0 saturated heterocycles. The van der Waals surface area contributed by atoms with Gasteiger partial charge in [-0.05, 0) is 31.9 Å². The second kappa shape index (κ2) is 11.1. The first-order valence-electron chi connectivity index (χ1n) is 12.1. The monoisotopic (exact) mass is 460 g/mol. The van der Waals surface area contributed by atoms with Gasteiger partial charge in [0.2, 0.25) is 0 Å². The molecule has 2 N–H and O–H groups in total. The van der Waals surface area contributed by atoms with Crippen LogP contribution < -0.4 is 15.0 Å². The first-order chi connectivity index (χ1) is 15.7. The van der Waals surface area contributed by atoms with Crippen molar-refractivity contribution in [2.45, 2.75) is 64.1 Å². The smallest absolute Gasteiger partial charge is 0.317 e. The number of likely N-dealkylation sites (N-methyl/N-ethyl adjacent to an activating group) is 1. The van der Waals surface area contributed by atoms with Crippen molar-refractivity contribution in [2.24, 2.45) is 5.92 Å². The SMILES string of the molecule is C[C@@H]1CN([C@@H](C)CO)C(=O)c2cccc(N(C)C)c2O[C@H]1CN(C)C(=O)NC1CCCCC1. The molecule has 1 aromatic rings. The zero-order chi connectivity index (χ0) is 24.1. The minimum absolute atomic E-state index is 0.0451. The van der Waals surface area contributed by atoms with Gasteiger partial charge in [0.25, 0.3) is 5.91 Å². The summed E-state index contributed by atoms with van der Waals surface area (Å²) in [7, 11) is 5.63. The van der Waals surface area contributed by atoms with Crippen molar-refractivity contribution in [2.75, 3.05) is 45.7 Å². The third-order valence-corrected chi connectivity index (χ3v) is 6.89. The lowest BCUT2D eigenvalue weighted by Gasteiger charge is -2.39. The van der Waals surface area contributed by atoms with E-state index >= 15 is 0 Å². The molecule has 1 aliphatic carbocycles. The van der Waals surface area contributed by atoms with Crippen molar-refractivity contribution in [1.82, 2.24) is 15.1 Å². The molecule has 1 heterocycles. The van der Waals surface area contributed by atoms with Crippen LogP contribution in [0.15, 0.2) is 18.2 Å². The fraction of sp³-hybridized carbons (Fsp3) is 0.680. The molecule has 8 nitrogen and oxygen atoms in total. The van der Waals surface area contributed by atoms with E-state index in [1.54, 1.807) is 22.9 Å². The maximum atomic E-state index is 13.4. The molecule has 1 aromatic carbocycles. The zero-order valence-electron chi connectivity index (χ0n) is 20.7. The summed E-state index contributed by atoms with van der Waals surface area (Å²) < 4.78 is 6.51. The Hall–Kier alpha value is -2.48. The number of nitrogens with one attached hydrogen (secondary N) is 1. The fourth-order valence-electron chi connectivity index (χ4n) is 4.68. The van der Waals surface area contributed by atoms with Gasteiger partial charge in [0.1, 0.15) is 6.10 Å². The number of para-hydroxylation sites is 1. The van der Waals surface area contributed by atoms with E-state index in [2.05, 4.69) is 5.32 Å². The lowest BCUT2D eigenvalue weighted by molar-refractivity contribution is 0.0367. The number of hydrogen-bond acceptors (Lipinski definition) is 5. The highest BCUT2D eigenvalue weighted by atomic mass is 16.5. The number of ether oxygens (including phenoxy) is 1. The average Bonchev–Trinajstić information content (AvgIpc) is 2.80. The summed E-state index contributed by atoms with van der Waals surface area (Å²) in [6.45, 7) is 4.61. The van der Waals surface area contributed by atoms with Crippen LogP contribution in [-0.2, 0) is 0 Å². The number of fused-ring (bicyclic) bond motifs is 1. The van der Waals surface area contributed by atoms with Crippen LogP contribution in [-0.4, -0.2) is 85.9 Å². The highest BCUT2D eigenvalue weighted by molar-refractivity contribution is 5.99. The summed E-state index contributed by atoms with van der Waals surface area (Å²) in [5.74, 6) is 0.334. The Kier molecular flexibility index (Phi) is 8.46. The molecule has 0 radical (unpaired) electrons. The predicted molar refractivity (Wildman–Crippen MR) is 130 cm³/mol. The molecule has 1 fully saturated rings. The van der Waals surface area contributed by atoms with Crippen LogP contribution in [0.4, 0.5) is 10.5 Å². The van der Waals surface area contributed by atoms with Gasteiger partial charge in [-0.25, -0.2) is 4.79 Å². The normalized spacial score (nSPS) is 22.5. The van der Waals surface area contributed by atoms with Crippen molar-refractivity contribution in [3.05, 3.63) is 23.8 Å². The van der Waals surface area contributed by atoms with Gasteiger partial charge in [0.15, 0.2) is 5.75 Å². The minimum Gasteiger partial charge on any atom is -0.485 e. The maximum absolute atomic E-state index is 13.4. The molecule has 3 rings (SSSR count). The summed E-state index contributed by atoms with van der Waals surface area (Å²) in [5, 5.41) is 13.0. The number of carbonyl (C=O) groups is 2. The Morgan fingerprint density at radius 3 is 2.58 bits per heavy atom. The van der Waals surface area contributed by atoms with E-state index in [0.29, 0.717) is 24.4 Å². The van der Waals surface area contributed by atoms with Gasteiger partial charge >= 0.3 is 6.03 Å². The Morgan fingerprint density at radius 2 is 1.94 bits per heavy atom. The van der Waals surface area contributed by atoms with Gasteiger partial charge in [0, 0.05) is 39.6 Å². The lowest BCUT2D eigenvalue weighted by Crippen LogP contribution is -2.52.